The van der Waals surface area contributed by atoms with Gasteiger partial charge in [0.1, 0.15) is 11.6 Å². The third-order valence-corrected chi connectivity index (χ3v) is 4.49. The number of ketones is 1. The van der Waals surface area contributed by atoms with Crippen molar-refractivity contribution in [2.24, 2.45) is 27.5 Å². The van der Waals surface area contributed by atoms with E-state index in [9.17, 15) is 9.90 Å². The van der Waals surface area contributed by atoms with Crippen molar-refractivity contribution in [3.63, 3.8) is 0 Å². The van der Waals surface area contributed by atoms with Gasteiger partial charge in [-0.1, -0.05) is 27.7 Å². The topological polar surface area (TPSA) is 87.8 Å². The second kappa shape index (κ2) is 5.63. The van der Waals surface area contributed by atoms with Crippen LogP contribution in [0, 0.1) is 24.2 Å². The van der Waals surface area contributed by atoms with Gasteiger partial charge in [-0.25, -0.2) is 4.98 Å². The molecule has 1 aliphatic rings. The fourth-order valence-corrected chi connectivity index (χ4v) is 3.11. The summed E-state index contributed by atoms with van der Waals surface area (Å²) in [5.41, 5.74) is -0.00179. The molecule has 0 amide bonds. The Kier molecular flexibility index (Phi) is 4.22. The highest BCUT2D eigenvalue weighted by molar-refractivity contribution is 7.09. The van der Waals surface area contributed by atoms with Crippen LogP contribution in [0.1, 0.15) is 39.9 Å². The molecule has 7 heteroatoms. The number of aliphatic hydroxyl groups is 1. The molecule has 0 aliphatic heterocycles. The lowest BCUT2D eigenvalue weighted by molar-refractivity contribution is -0.123. The Hall–Kier alpha value is -1.63. The van der Waals surface area contributed by atoms with E-state index in [0.29, 0.717) is 17.4 Å². The number of rotatable bonds is 2. The van der Waals surface area contributed by atoms with E-state index < -0.39 is 0 Å². The number of azo groups is 1. The van der Waals surface area contributed by atoms with Gasteiger partial charge in [-0.2, -0.15) is 4.37 Å². The maximum atomic E-state index is 12.4. The Morgan fingerprint density at radius 1 is 1.33 bits per heavy atom. The fraction of sp³-hybridized carbons (Fsp3) is 0.643. The van der Waals surface area contributed by atoms with E-state index in [4.69, 9.17) is 0 Å². The van der Waals surface area contributed by atoms with Gasteiger partial charge in [-0.3, -0.25) is 4.79 Å². The number of nitrogens with zero attached hydrogens (tertiary/aromatic N) is 4. The molecule has 2 rings (SSSR count). The molecule has 0 saturated heterocycles. The summed E-state index contributed by atoms with van der Waals surface area (Å²) in [6, 6.07) is 0. The first-order chi connectivity index (χ1) is 9.70. The molecule has 1 N–H and O–H groups in total. The van der Waals surface area contributed by atoms with Crippen molar-refractivity contribution in [1.82, 2.24) is 9.36 Å². The number of aliphatic hydroxyl groups excluding tert-OH is 1. The molecule has 0 spiro atoms. The molecular formula is C14H20N4O2S. The van der Waals surface area contributed by atoms with Crippen LogP contribution in [-0.2, 0) is 4.79 Å². The molecule has 1 aromatic rings. The fourth-order valence-electron chi connectivity index (χ4n) is 2.61. The van der Waals surface area contributed by atoms with Gasteiger partial charge in [0.2, 0.25) is 5.13 Å². The van der Waals surface area contributed by atoms with Crippen molar-refractivity contribution in [3.8, 4) is 0 Å². The molecule has 0 saturated carbocycles. The maximum Gasteiger partial charge on any atom is 0.249 e. The lowest BCUT2D eigenvalue weighted by atomic mass is 9.67. The third kappa shape index (κ3) is 3.34. The monoisotopic (exact) mass is 308 g/mol. The summed E-state index contributed by atoms with van der Waals surface area (Å²) in [4.78, 5) is 16.5. The number of aryl methyl sites for hydroxylation is 1. The second-order valence-corrected chi connectivity index (χ2v) is 7.18. The largest absolute Gasteiger partial charge is 0.510 e. The normalized spacial score (nSPS) is 24.1. The van der Waals surface area contributed by atoms with E-state index in [2.05, 4.69) is 40.4 Å². The number of hydrogen-bond acceptors (Lipinski definition) is 7. The molecule has 0 fully saturated rings. The minimum atomic E-state index is -0.189. The van der Waals surface area contributed by atoms with Crippen molar-refractivity contribution < 1.29 is 9.90 Å². The van der Waals surface area contributed by atoms with E-state index in [0.717, 1.165) is 11.5 Å². The first kappa shape index (κ1) is 15.8. The first-order valence-corrected chi connectivity index (χ1v) is 7.66. The molecule has 6 nitrogen and oxygen atoms in total. The molecule has 1 aromatic heterocycles. The minimum Gasteiger partial charge on any atom is -0.510 e. The quantitative estimate of drug-likeness (QED) is 0.837. The van der Waals surface area contributed by atoms with Gasteiger partial charge in [0.25, 0.3) is 0 Å². The Balaban J connectivity index is 2.27. The Morgan fingerprint density at radius 3 is 2.52 bits per heavy atom. The van der Waals surface area contributed by atoms with Crippen LogP contribution in [0.4, 0.5) is 5.13 Å². The molecule has 21 heavy (non-hydrogen) atoms. The molecule has 2 unspecified atom stereocenters. The third-order valence-electron chi connectivity index (χ3n) is 3.80. The maximum absolute atomic E-state index is 12.4. The van der Waals surface area contributed by atoms with Gasteiger partial charge in [-0.15, -0.1) is 10.2 Å². The summed E-state index contributed by atoms with van der Waals surface area (Å²) in [5.74, 6) is 0.369. The summed E-state index contributed by atoms with van der Waals surface area (Å²) in [6.45, 7) is 9.87. The van der Waals surface area contributed by atoms with Gasteiger partial charge in [-0.05, 0) is 18.3 Å². The second-order valence-electron chi connectivity index (χ2n) is 6.45. The summed E-state index contributed by atoms with van der Waals surface area (Å²) >= 11 is 1.11. The summed E-state index contributed by atoms with van der Waals surface area (Å²) in [7, 11) is 0. The molecule has 0 aromatic carbocycles. The number of hydrogen-bond donors (Lipinski definition) is 1. The molecule has 2 atom stereocenters. The highest BCUT2D eigenvalue weighted by Crippen LogP contribution is 2.42. The Morgan fingerprint density at radius 2 is 2.00 bits per heavy atom. The summed E-state index contributed by atoms with van der Waals surface area (Å²) in [6.07, 6.45) is 0.444. The highest BCUT2D eigenvalue weighted by Gasteiger charge is 2.40. The van der Waals surface area contributed by atoms with Crippen LogP contribution in [0.5, 0.6) is 0 Å². The number of Topliss-reactive ketones (excluding diaryl/α,β-unsaturated/α-hetero) is 1. The number of carbonyl (C=O) groups is 1. The van der Waals surface area contributed by atoms with Crippen LogP contribution in [0.3, 0.4) is 0 Å². The Bertz CT molecular complexity index is 613. The van der Waals surface area contributed by atoms with Crippen molar-refractivity contribution in [3.05, 3.63) is 17.3 Å². The Labute approximate surface area is 128 Å². The number of allylic oxidation sites excluding steroid dienone is 2. The van der Waals surface area contributed by atoms with Gasteiger partial charge < -0.3 is 5.11 Å². The van der Waals surface area contributed by atoms with Crippen molar-refractivity contribution in [1.29, 1.82) is 0 Å². The summed E-state index contributed by atoms with van der Waals surface area (Å²) in [5, 5.41) is 18.3. The lowest BCUT2D eigenvalue weighted by Crippen LogP contribution is -2.36. The van der Waals surface area contributed by atoms with Gasteiger partial charge in [0.05, 0.1) is 0 Å². The lowest BCUT2D eigenvalue weighted by Gasteiger charge is -2.37. The molecular weight excluding hydrogens is 288 g/mol. The van der Waals surface area contributed by atoms with E-state index >= 15 is 0 Å². The van der Waals surface area contributed by atoms with Crippen LogP contribution < -0.4 is 0 Å². The number of carbonyl (C=O) groups excluding carboxylic acids is 1. The minimum absolute atomic E-state index is 0.0167. The van der Waals surface area contributed by atoms with Crippen LogP contribution in [-0.4, -0.2) is 20.2 Å². The van der Waals surface area contributed by atoms with Crippen LogP contribution >= 0.6 is 11.5 Å². The average Bonchev–Trinajstić information content (AvgIpc) is 2.78. The van der Waals surface area contributed by atoms with E-state index in [-0.39, 0.29) is 34.5 Å². The zero-order valence-corrected chi connectivity index (χ0v) is 13.7. The van der Waals surface area contributed by atoms with E-state index in [1.807, 2.05) is 6.92 Å². The van der Waals surface area contributed by atoms with Crippen LogP contribution in [0.25, 0.3) is 0 Å². The predicted molar refractivity (Wildman–Crippen MR) is 80.5 cm³/mol. The smallest absolute Gasteiger partial charge is 0.249 e. The van der Waals surface area contributed by atoms with E-state index in [1.165, 1.54) is 0 Å². The van der Waals surface area contributed by atoms with Crippen molar-refractivity contribution in [2.45, 2.75) is 41.0 Å². The standard InChI is InChI=1S/C14H20N4O2S/c1-7-9(14(3,4)5)6-10(19)11(12(7)20)16-17-13-15-8(2)18-21-13/h7,9,19H,6H2,1-5H3. The molecule has 114 valence electrons. The highest BCUT2D eigenvalue weighted by atomic mass is 32.1. The van der Waals surface area contributed by atoms with Crippen LogP contribution in [0.2, 0.25) is 0 Å². The van der Waals surface area contributed by atoms with Crippen LogP contribution in [0.15, 0.2) is 21.7 Å². The SMILES string of the molecule is Cc1nsc(N=NC2=C(O)CC(C(C)(C)C)C(C)C2=O)n1. The zero-order chi connectivity index (χ0) is 15.8. The molecule has 1 heterocycles. The average molecular weight is 308 g/mol. The van der Waals surface area contributed by atoms with Crippen molar-refractivity contribution in [2.75, 3.05) is 0 Å². The first-order valence-electron chi connectivity index (χ1n) is 6.88. The van der Waals surface area contributed by atoms with Gasteiger partial charge >= 0.3 is 0 Å². The summed E-state index contributed by atoms with van der Waals surface area (Å²) < 4.78 is 3.99. The van der Waals surface area contributed by atoms with Crippen molar-refractivity contribution >= 4 is 22.4 Å². The van der Waals surface area contributed by atoms with Gasteiger partial charge in [0.15, 0.2) is 11.5 Å². The molecule has 0 radical (unpaired) electrons. The molecule has 0 bridgehead atoms. The number of aromatic nitrogens is 2. The predicted octanol–water partition coefficient (Wildman–Crippen LogP) is 3.97. The molecule has 1 aliphatic carbocycles. The van der Waals surface area contributed by atoms with Gasteiger partial charge in [0, 0.05) is 23.9 Å². The zero-order valence-electron chi connectivity index (χ0n) is 12.9. The van der Waals surface area contributed by atoms with E-state index in [1.54, 1.807) is 6.92 Å².